The molecule has 0 spiro atoms. The molecule has 1 N–H and O–H groups in total. The van der Waals surface area contributed by atoms with Crippen LogP contribution in [0.1, 0.15) is 12.5 Å². The number of rotatable bonds is 10. The summed E-state index contributed by atoms with van der Waals surface area (Å²) < 4.78 is 11.5. The fourth-order valence-corrected chi connectivity index (χ4v) is 2.57. The summed E-state index contributed by atoms with van der Waals surface area (Å²) in [5.41, 5.74) is 2.44. The minimum atomic E-state index is 0.736. The first-order chi connectivity index (χ1) is 9.69. The molecule has 0 aromatic heterocycles. The zero-order valence-corrected chi connectivity index (χ0v) is 14.2. The molecule has 0 saturated heterocycles. The molecule has 114 valence electrons. The van der Waals surface area contributed by atoms with Crippen LogP contribution >= 0.6 is 15.9 Å². The average Bonchev–Trinajstić information content (AvgIpc) is 2.44. The van der Waals surface area contributed by atoms with Crippen molar-refractivity contribution in [2.24, 2.45) is 0 Å². The second-order valence-corrected chi connectivity index (χ2v) is 5.43. The van der Waals surface area contributed by atoms with Gasteiger partial charge in [0, 0.05) is 44.9 Å². The third kappa shape index (κ3) is 6.22. The van der Waals surface area contributed by atoms with Crippen LogP contribution in [0.15, 0.2) is 22.7 Å². The number of anilines is 1. The number of halogens is 1. The van der Waals surface area contributed by atoms with Gasteiger partial charge in [-0.2, -0.15) is 0 Å². The van der Waals surface area contributed by atoms with E-state index in [0.717, 1.165) is 43.9 Å². The van der Waals surface area contributed by atoms with Crippen molar-refractivity contribution in [3.63, 3.8) is 0 Å². The maximum absolute atomic E-state index is 5.39. The molecule has 0 radical (unpaired) electrons. The van der Waals surface area contributed by atoms with Gasteiger partial charge in [0.25, 0.3) is 0 Å². The van der Waals surface area contributed by atoms with E-state index < -0.39 is 0 Å². The van der Waals surface area contributed by atoms with Crippen molar-refractivity contribution in [1.82, 2.24) is 5.32 Å². The lowest BCUT2D eigenvalue weighted by atomic mass is 10.2. The van der Waals surface area contributed by atoms with Crippen LogP contribution in [0, 0.1) is 0 Å². The molecule has 1 rings (SSSR count). The van der Waals surface area contributed by atoms with E-state index in [1.807, 2.05) is 6.92 Å². The maximum atomic E-state index is 5.39. The minimum Gasteiger partial charge on any atom is -0.383 e. The monoisotopic (exact) mass is 344 g/mol. The van der Waals surface area contributed by atoms with E-state index >= 15 is 0 Å². The van der Waals surface area contributed by atoms with Crippen molar-refractivity contribution >= 4 is 21.6 Å². The molecule has 1 aromatic rings. The van der Waals surface area contributed by atoms with Gasteiger partial charge in [0.05, 0.1) is 18.9 Å². The van der Waals surface area contributed by atoms with Crippen molar-refractivity contribution < 1.29 is 9.47 Å². The summed E-state index contributed by atoms with van der Waals surface area (Å²) in [6.45, 7) is 6.87. The summed E-state index contributed by atoms with van der Waals surface area (Å²) in [7, 11) is 3.79. The first kappa shape index (κ1) is 17.4. The molecule has 0 saturated carbocycles. The van der Waals surface area contributed by atoms with E-state index in [9.17, 15) is 0 Å². The molecule has 20 heavy (non-hydrogen) atoms. The average molecular weight is 345 g/mol. The molecule has 0 unspecified atom stereocenters. The third-order valence-corrected chi connectivity index (χ3v) is 3.65. The van der Waals surface area contributed by atoms with Crippen molar-refractivity contribution in [3.8, 4) is 0 Å². The normalized spacial score (nSPS) is 10.8. The molecule has 5 heteroatoms. The molecule has 0 atom stereocenters. The van der Waals surface area contributed by atoms with Gasteiger partial charge < -0.3 is 19.7 Å². The van der Waals surface area contributed by atoms with Gasteiger partial charge in [-0.3, -0.25) is 0 Å². The third-order valence-electron chi connectivity index (χ3n) is 3.01. The summed E-state index contributed by atoms with van der Waals surface area (Å²) in [6.07, 6.45) is 0. The smallest absolute Gasteiger partial charge is 0.0641 e. The number of methoxy groups -OCH3 is 1. The van der Waals surface area contributed by atoms with Gasteiger partial charge in [0.2, 0.25) is 0 Å². The number of benzene rings is 1. The molecule has 0 aliphatic heterocycles. The highest BCUT2D eigenvalue weighted by atomic mass is 79.9. The van der Waals surface area contributed by atoms with E-state index in [-0.39, 0.29) is 0 Å². The number of hydrogen-bond donors (Lipinski definition) is 1. The Morgan fingerprint density at radius 3 is 2.75 bits per heavy atom. The Morgan fingerprint density at radius 1 is 1.30 bits per heavy atom. The zero-order valence-electron chi connectivity index (χ0n) is 12.6. The molecule has 0 amide bonds. The number of hydrogen-bond acceptors (Lipinski definition) is 4. The summed E-state index contributed by atoms with van der Waals surface area (Å²) in [4.78, 5) is 2.20. The minimum absolute atomic E-state index is 0.736. The molecule has 0 aliphatic carbocycles. The number of nitrogens with zero attached hydrogens (tertiary/aromatic N) is 1. The molecule has 0 bridgehead atoms. The first-order valence-corrected chi connectivity index (χ1v) is 7.75. The van der Waals surface area contributed by atoms with Crippen LogP contribution in [0.4, 0.5) is 5.69 Å². The molecule has 4 nitrogen and oxygen atoms in total. The maximum Gasteiger partial charge on any atom is 0.0641 e. The number of nitrogens with one attached hydrogen (secondary N) is 1. The van der Waals surface area contributed by atoms with Gasteiger partial charge in [0.1, 0.15) is 0 Å². The van der Waals surface area contributed by atoms with Crippen molar-refractivity contribution in [1.29, 1.82) is 0 Å². The summed E-state index contributed by atoms with van der Waals surface area (Å²) in [5, 5.41) is 3.34. The van der Waals surface area contributed by atoms with E-state index in [1.54, 1.807) is 7.11 Å². The van der Waals surface area contributed by atoms with Crippen molar-refractivity contribution in [2.45, 2.75) is 13.5 Å². The Hall–Kier alpha value is -0.620. The summed E-state index contributed by atoms with van der Waals surface area (Å²) in [6, 6.07) is 6.45. The number of ether oxygens (including phenoxy) is 2. The molecule has 0 heterocycles. The van der Waals surface area contributed by atoms with Crippen molar-refractivity contribution in [3.05, 3.63) is 28.2 Å². The van der Waals surface area contributed by atoms with Gasteiger partial charge in [-0.25, -0.2) is 0 Å². The Bertz CT molecular complexity index is 388. The molecule has 0 fully saturated rings. The zero-order chi connectivity index (χ0) is 14.8. The van der Waals surface area contributed by atoms with Crippen LogP contribution in [0.2, 0.25) is 0 Å². The largest absolute Gasteiger partial charge is 0.383 e. The topological polar surface area (TPSA) is 33.7 Å². The highest BCUT2D eigenvalue weighted by molar-refractivity contribution is 9.10. The van der Waals surface area contributed by atoms with Crippen LogP contribution in [-0.4, -0.2) is 47.1 Å². The van der Waals surface area contributed by atoms with Crippen LogP contribution in [0.25, 0.3) is 0 Å². The van der Waals surface area contributed by atoms with Crippen molar-refractivity contribution in [2.75, 3.05) is 52.0 Å². The Kier molecular flexibility index (Phi) is 8.85. The fraction of sp³-hybridized carbons (Fsp3) is 0.600. The molecule has 1 aromatic carbocycles. The predicted molar refractivity (Wildman–Crippen MR) is 87.5 cm³/mol. The molecule has 0 aliphatic rings. The van der Waals surface area contributed by atoms with Gasteiger partial charge in [0.15, 0.2) is 0 Å². The van der Waals surface area contributed by atoms with E-state index in [2.05, 4.69) is 51.4 Å². The standard InChI is InChI=1S/C15H25BrN2O2/c1-4-20-10-8-18(2)15-6-5-13(11-14(15)16)12-17-7-9-19-3/h5-6,11,17H,4,7-10,12H2,1-3H3. The summed E-state index contributed by atoms with van der Waals surface area (Å²) in [5.74, 6) is 0. The Labute approximate surface area is 130 Å². The van der Waals surface area contributed by atoms with E-state index in [1.165, 1.54) is 11.3 Å². The quantitative estimate of drug-likeness (QED) is 0.661. The second-order valence-electron chi connectivity index (χ2n) is 4.57. The molecular weight excluding hydrogens is 320 g/mol. The second kappa shape index (κ2) is 10.2. The van der Waals surface area contributed by atoms with Crippen LogP contribution < -0.4 is 10.2 Å². The van der Waals surface area contributed by atoms with Crippen LogP contribution in [0.5, 0.6) is 0 Å². The highest BCUT2D eigenvalue weighted by Crippen LogP contribution is 2.26. The SMILES string of the molecule is CCOCCN(C)c1ccc(CNCCOC)cc1Br. The lowest BCUT2D eigenvalue weighted by molar-refractivity contribution is 0.154. The van der Waals surface area contributed by atoms with Gasteiger partial charge in [-0.1, -0.05) is 6.07 Å². The number of likely N-dealkylation sites (N-methyl/N-ethyl adjacent to an activating group) is 1. The lowest BCUT2D eigenvalue weighted by Crippen LogP contribution is -2.23. The predicted octanol–water partition coefficient (Wildman–Crippen LogP) is 2.66. The van der Waals surface area contributed by atoms with Gasteiger partial charge in [-0.05, 0) is 40.5 Å². The Morgan fingerprint density at radius 2 is 2.10 bits per heavy atom. The van der Waals surface area contributed by atoms with Gasteiger partial charge in [-0.15, -0.1) is 0 Å². The van der Waals surface area contributed by atoms with E-state index in [0.29, 0.717) is 0 Å². The van der Waals surface area contributed by atoms with Crippen LogP contribution in [0.3, 0.4) is 0 Å². The highest BCUT2D eigenvalue weighted by Gasteiger charge is 2.06. The van der Waals surface area contributed by atoms with E-state index in [4.69, 9.17) is 9.47 Å². The lowest BCUT2D eigenvalue weighted by Gasteiger charge is -2.21. The van der Waals surface area contributed by atoms with Gasteiger partial charge >= 0.3 is 0 Å². The van der Waals surface area contributed by atoms with Crippen LogP contribution in [-0.2, 0) is 16.0 Å². The Balaban J connectivity index is 2.49. The fourth-order valence-electron chi connectivity index (χ4n) is 1.84. The summed E-state index contributed by atoms with van der Waals surface area (Å²) >= 11 is 3.64. The molecular formula is C15H25BrN2O2. The first-order valence-electron chi connectivity index (χ1n) is 6.96.